The van der Waals surface area contributed by atoms with Gasteiger partial charge < -0.3 is 10.6 Å². The molecule has 0 aromatic heterocycles. The van der Waals surface area contributed by atoms with Crippen LogP contribution in [0.15, 0.2) is 0 Å². The Labute approximate surface area is 130 Å². The summed E-state index contributed by atoms with van der Waals surface area (Å²) in [5, 5.41) is 6.81. The number of amides is 1. The third-order valence-corrected chi connectivity index (χ3v) is 4.85. The summed E-state index contributed by atoms with van der Waals surface area (Å²) in [6, 6.07) is 0.964. The zero-order valence-electron chi connectivity index (χ0n) is 14.0. The van der Waals surface area contributed by atoms with Gasteiger partial charge in [0.2, 0.25) is 5.91 Å². The number of hydrogen-bond donors (Lipinski definition) is 2. The zero-order valence-corrected chi connectivity index (χ0v) is 14.0. The van der Waals surface area contributed by atoms with Crippen LogP contribution in [0.4, 0.5) is 0 Å². The Morgan fingerprint density at radius 3 is 2.48 bits per heavy atom. The first kappa shape index (κ1) is 16.8. The second-order valence-corrected chi connectivity index (χ2v) is 7.31. The van der Waals surface area contributed by atoms with E-state index in [4.69, 9.17) is 0 Å². The number of carbonyl (C=O) groups excluding carboxylic acids is 1. The molecule has 0 radical (unpaired) electrons. The van der Waals surface area contributed by atoms with E-state index in [1.807, 2.05) is 0 Å². The van der Waals surface area contributed by atoms with Crippen molar-refractivity contribution in [3.63, 3.8) is 0 Å². The van der Waals surface area contributed by atoms with Crippen molar-refractivity contribution in [3.8, 4) is 0 Å². The zero-order chi connectivity index (χ0) is 15.2. The Balaban J connectivity index is 1.88. The van der Waals surface area contributed by atoms with Gasteiger partial charge in [0.25, 0.3) is 0 Å². The number of nitrogens with one attached hydrogen (secondary N) is 2. The van der Waals surface area contributed by atoms with Crippen LogP contribution in [-0.2, 0) is 4.79 Å². The summed E-state index contributed by atoms with van der Waals surface area (Å²) in [6.07, 6.45) is 7.36. The van der Waals surface area contributed by atoms with Crippen LogP contribution in [0.25, 0.3) is 0 Å². The molecular weight excluding hydrogens is 262 g/mol. The highest BCUT2D eigenvalue weighted by Gasteiger charge is 2.27. The molecule has 4 nitrogen and oxygen atoms in total. The quantitative estimate of drug-likeness (QED) is 0.756. The molecule has 2 aliphatic rings. The highest BCUT2D eigenvalue weighted by atomic mass is 16.2. The van der Waals surface area contributed by atoms with Gasteiger partial charge in [-0.3, -0.25) is 9.69 Å². The molecule has 0 aromatic carbocycles. The van der Waals surface area contributed by atoms with E-state index in [2.05, 4.69) is 36.3 Å². The van der Waals surface area contributed by atoms with Crippen LogP contribution in [0.1, 0.15) is 59.3 Å². The van der Waals surface area contributed by atoms with Crippen LogP contribution in [0.2, 0.25) is 0 Å². The van der Waals surface area contributed by atoms with E-state index in [1.54, 1.807) is 0 Å². The molecule has 1 aliphatic heterocycles. The molecule has 2 N–H and O–H groups in total. The van der Waals surface area contributed by atoms with Crippen molar-refractivity contribution in [2.24, 2.45) is 5.92 Å². The maximum atomic E-state index is 12.5. The van der Waals surface area contributed by atoms with Gasteiger partial charge in [-0.1, -0.05) is 26.7 Å². The van der Waals surface area contributed by atoms with Crippen molar-refractivity contribution >= 4 is 5.91 Å². The maximum absolute atomic E-state index is 12.5. The van der Waals surface area contributed by atoms with Crippen LogP contribution < -0.4 is 10.6 Å². The second kappa shape index (κ2) is 8.14. The van der Waals surface area contributed by atoms with Crippen molar-refractivity contribution in [2.45, 2.75) is 77.4 Å². The van der Waals surface area contributed by atoms with E-state index in [0.717, 1.165) is 32.5 Å². The van der Waals surface area contributed by atoms with Crippen LogP contribution in [0.3, 0.4) is 0 Å². The largest absolute Gasteiger partial charge is 0.352 e. The standard InChI is InChI=1S/C17H33N3O/c1-13(2)11-20(12-16-9-6-10-18-16)14(3)17(21)19-15-7-4-5-8-15/h13-16,18H,4-12H2,1-3H3,(H,19,21). The first-order chi connectivity index (χ1) is 10.1. The third kappa shape index (κ3) is 5.26. The minimum absolute atomic E-state index is 0.0181. The minimum Gasteiger partial charge on any atom is -0.352 e. The summed E-state index contributed by atoms with van der Waals surface area (Å²) in [6.45, 7) is 9.66. The lowest BCUT2D eigenvalue weighted by molar-refractivity contribution is -0.126. The van der Waals surface area contributed by atoms with Crippen molar-refractivity contribution < 1.29 is 4.79 Å². The van der Waals surface area contributed by atoms with Crippen molar-refractivity contribution in [1.82, 2.24) is 15.5 Å². The lowest BCUT2D eigenvalue weighted by Gasteiger charge is -2.32. The summed E-state index contributed by atoms with van der Waals surface area (Å²) in [7, 11) is 0. The van der Waals surface area contributed by atoms with Crippen LogP contribution in [0.5, 0.6) is 0 Å². The van der Waals surface area contributed by atoms with Gasteiger partial charge in [-0.25, -0.2) is 0 Å². The second-order valence-electron chi connectivity index (χ2n) is 7.31. The monoisotopic (exact) mass is 295 g/mol. The summed E-state index contributed by atoms with van der Waals surface area (Å²) in [4.78, 5) is 14.9. The molecule has 2 unspecified atom stereocenters. The lowest BCUT2D eigenvalue weighted by atomic mass is 10.1. The van der Waals surface area contributed by atoms with E-state index in [9.17, 15) is 4.79 Å². The Hall–Kier alpha value is -0.610. The highest BCUT2D eigenvalue weighted by Crippen LogP contribution is 2.18. The summed E-state index contributed by atoms with van der Waals surface area (Å²) >= 11 is 0. The first-order valence-electron chi connectivity index (χ1n) is 8.84. The SMILES string of the molecule is CC(C)CN(CC1CCCN1)C(C)C(=O)NC1CCCC1. The maximum Gasteiger partial charge on any atom is 0.237 e. The predicted octanol–water partition coefficient (Wildman–Crippen LogP) is 2.14. The summed E-state index contributed by atoms with van der Waals surface area (Å²) in [5.74, 6) is 0.814. The van der Waals surface area contributed by atoms with Gasteiger partial charge in [-0.15, -0.1) is 0 Å². The van der Waals surface area contributed by atoms with Crippen LogP contribution >= 0.6 is 0 Å². The highest BCUT2D eigenvalue weighted by molar-refractivity contribution is 5.81. The molecule has 0 bridgehead atoms. The molecular formula is C17H33N3O. The van der Waals surface area contributed by atoms with Gasteiger partial charge in [-0.2, -0.15) is 0 Å². The Kier molecular flexibility index (Phi) is 6.49. The topological polar surface area (TPSA) is 44.4 Å². The van der Waals surface area contributed by atoms with Crippen molar-refractivity contribution in [1.29, 1.82) is 0 Å². The first-order valence-corrected chi connectivity index (χ1v) is 8.84. The molecule has 2 rings (SSSR count). The van der Waals surface area contributed by atoms with E-state index in [-0.39, 0.29) is 11.9 Å². The molecule has 4 heteroatoms. The molecule has 0 spiro atoms. The fourth-order valence-electron chi connectivity index (χ4n) is 3.61. The smallest absolute Gasteiger partial charge is 0.237 e. The molecule has 21 heavy (non-hydrogen) atoms. The third-order valence-electron chi connectivity index (χ3n) is 4.85. The van der Waals surface area contributed by atoms with E-state index in [1.165, 1.54) is 25.7 Å². The van der Waals surface area contributed by atoms with Gasteiger partial charge in [0.05, 0.1) is 6.04 Å². The average molecular weight is 295 g/mol. The molecule has 1 heterocycles. The Morgan fingerprint density at radius 1 is 1.19 bits per heavy atom. The normalized spacial score (nSPS) is 24.9. The van der Waals surface area contributed by atoms with Gasteiger partial charge in [0.1, 0.15) is 0 Å². The van der Waals surface area contributed by atoms with E-state index < -0.39 is 0 Å². The molecule has 1 saturated carbocycles. The number of nitrogens with zero attached hydrogens (tertiary/aromatic N) is 1. The average Bonchev–Trinajstić information content (AvgIpc) is 3.09. The molecule has 2 fully saturated rings. The van der Waals surface area contributed by atoms with E-state index in [0.29, 0.717) is 18.0 Å². The molecule has 2 atom stereocenters. The number of hydrogen-bond acceptors (Lipinski definition) is 3. The van der Waals surface area contributed by atoms with Gasteiger partial charge in [-0.05, 0) is 45.1 Å². The molecule has 1 aliphatic carbocycles. The lowest BCUT2D eigenvalue weighted by Crippen LogP contribution is -2.51. The summed E-state index contributed by atoms with van der Waals surface area (Å²) in [5.41, 5.74) is 0. The van der Waals surface area contributed by atoms with Crippen LogP contribution in [0, 0.1) is 5.92 Å². The number of rotatable bonds is 7. The molecule has 122 valence electrons. The minimum atomic E-state index is -0.0181. The van der Waals surface area contributed by atoms with Gasteiger partial charge in [0.15, 0.2) is 0 Å². The Morgan fingerprint density at radius 2 is 1.90 bits per heavy atom. The van der Waals surface area contributed by atoms with Crippen molar-refractivity contribution in [2.75, 3.05) is 19.6 Å². The van der Waals surface area contributed by atoms with Gasteiger partial charge >= 0.3 is 0 Å². The van der Waals surface area contributed by atoms with E-state index >= 15 is 0 Å². The van der Waals surface area contributed by atoms with Crippen molar-refractivity contribution in [3.05, 3.63) is 0 Å². The Bertz CT molecular complexity index is 320. The predicted molar refractivity (Wildman–Crippen MR) is 87.3 cm³/mol. The molecule has 1 saturated heterocycles. The fourth-order valence-corrected chi connectivity index (χ4v) is 3.61. The fraction of sp³-hybridized carbons (Fsp3) is 0.941. The van der Waals surface area contributed by atoms with Gasteiger partial charge in [0, 0.05) is 25.2 Å². The van der Waals surface area contributed by atoms with Crippen LogP contribution in [-0.4, -0.2) is 48.6 Å². The summed E-state index contributed by atoms with van der Waals surface area (Å²) < 4.78 is 0. The molecule has 0 aromatic rings. The number of carbonyl (C=O) groups is 1. The molecule has 1 amide bonds.